The Bertz CT molecular complexity index is 790. The lowest BCUT2D eigenvalue weighted by Gasteiger charge is -2.15. The van der Waals surface area contributed by atoms with Crippen molar-refractivity contribution in [1.82, 2.24) is 14.5 Å². The summed E-state index contributed by atoms with van der Waals surface area (Å²) in [5.74, 6) is 0.478. The average molecular weight is 307 g/mol. The molecule has 0 aliphatic rings. The number of rotatable bonds is 2. The van der Waals surface area contributed by atoms with Gasteiger partial charge < -0.3 is 10.3 Å². The molecule has 2 heterocycles. The minimum atomic E-state index is 0.0877. The third-order valence-corrected chi connectivity index (χ3v) is 4.95. The van der Waals surface area contributed by atoms with Gasteiger partial charge in [-0.05, 0) is 32.9 Å². The van der Waals surface area contributed by atoms with Gasteiger partial charge in [-0.2, -0.15) is 0 Å². The van der Waals surface area contributed by atoms with Gasteiger partial charge in [0.25, 0.3) is 0 Å². The Kier molecular flexibility index (Phi) is 3.18. The third kappa shape index (κ3) is 1.98. The van der Waals surface area contributed by atoms with Crippen LogP contribution in [0.3, 0.4) is 0 Å². The number of para-hydroxylation sites is 1. The first kappa shape index (κ1) is 13.4. The summed E-state index contributed by atoms with van der Waals surface area (Å²) >= 11 is 7.88. The minimum Gasteiger partial charge on any atom is -0.369 e. The smallest absolute Gasteiger partial charge is 0.201 e. The first-order valence-corrected chi connectivity index (χ1v) is 7.54. The van der Waals surface area contributed by atoms with E-state index in [0.29, 0.717) is 11.0 Å². The maximum absolute atomic E-state index is 6.19. The fraction of sp³-hybridized carbons (Fsp3) is 0.286. The van der Waals surface area contributed by atoms with Crippen LogP contribution in [0.2, 0.25) is 5.02 Å². The highest BCUT2D eigenvalue weighted by atomic mass is 35.5. The Labute approximate surface area is 126 Å². The topological polar surface area (TPSA) is 56.7 Å². The van der Waals surface area contributed by atoms with Crippen molar-refractivity contribution in [3.8, 4) is 0 Å². The quantitative estimate of drug-likeness (QED) is 0.780. The van der Waals surface area contributed by atoms with Crippen molar-refractivity contribution in [2.24, 2.45) is 0 Å². The fourth-order valence-corrected chi connectivity index (χ4v) is 3.74. The van der Waals surface area contributed by atoms with Gasteiger partial charge in [0.15, 0.2) is 0 Å². The molecule has 6 heteroatoms. The van der Waals surface area contributed by atoms with Gasteiger partial charge in [-0.1, -0.05) is 17.7 Å². The number of imidazole rings is 1. The number of nitrogen functional groups attached to an aromatic ring is 1. The number of thiazole rings is 1. The van der Waals surface area contributed by atoms with Crippen LogP contribution in [-0.4, -0.2) is 14.5 Å². The number of hydrogen-bond donors (Lipinski definition) is 1. The molecule has 0 bridgehead atoms. The summed E-state index contributed by atoms with van der Waals surface area (Å²) in [4.78, 5) is 10.1. The Hall–Kier alpha value is -1.59. The zero-order chi connectivity index (χ0) is 14.4. The Morgan fingerprint density at radius 2 is 2.05 bits per heavy atom. The maximum Gasteiger partial charge on any atom is 0.201 e. The van der Waals surface area contributed by atoms with E-state index in [0.717, 1.165) is 21.7 Å². The first-order chi connectivity index (χ1) is 9.49. The van der Waals surface area contributed by atoms with E-state index < -0.39 is 0 Å². The molecule has 20 heavy (non-hydrogen) atoms. The highest BCUT2D eigenvalue weighted by Gasteiger charge is 2.20. The number of anilines is 1. The number of nitrogens with zero attached hydrogens (tertiary/aromatic N) is 3. The fourth-order valence-electron chi connectivity index (χ4n) is 2.56. The zero-order valence-electron chi connectivity index (χ0n) is 11.5. The molecule has 0 fully saturated rings. The van der Waals surface area contributed by atoms with E-state index in [4.69, 9.17) is 17.3 Å². The lowest BCUT2D eigenvalue weighted by Crippen LogP contribution is -2.09. The van der Waals surface area contributed by atoms with Crippen LogP contribution in [0.25, 0.3) is 11.0 Å². The van der Waals surface area contributed by atoms with Gasteiger partial charge in [-0.15, -0.1) is 11.3 Å². The van der Waals surface area contributed by atoms with E-state index >= 15 is 0 Å². The molecule has 2 aromatic heterocycles. The predicted octanol–water partition coefficient (Wildman–Crippen LogP) is 3.95. The number of halogens is 1. The standard InChI is InChI=1S/C14H15ClN4S/c1-7-13(20-9(3)17-7)8(2)19-11-6-4-5-10(15)12(11)18-14(19)16/h4-6,8H,1-3H3,(H2,16,18). The van der Waals surface area contributed by atoms with Crippen LogP contribution in [0.15, 0.2) is 18.2 Å². The maximum atomic E-state index is 6.19. The van der Waals surface area contributed by atoms with Crippen molar-refractivity contribution in [2.75, 3.05) is 5.73 Å². The van der Waals surface area contributed by atoms with Gasteiger partial charge in [-0.25, -0.2) is 9.97 Å². The van der Waals surface area contributed by atoms with E-state index in [-0.39, 0.29) is 6.04 Å². The van der Waals surface area contributed by atoms with Crippen LogP contribution in [0, 0.1) is 13.8 Å². The van der Waals surface area contributed by atoms with Crippen molar-refractivity contribution in [3.05, 3.63) is 38.8 Å². The van der Waals surface area contributed by atoms with Gasteiger partial charge in [0.1, 0.15) is 5.52 Å². The van der Waals surface area contributed by atoms with Crippen LogP contribution in [-0.2, 0) is 0 Å². The van der Waals surface area contributed by atoms with Crippen LogP contribution in [0.5, 0.6) is 0 Å². The monoisotopic (exact) mass is 306 g/mol. The molecule has 3 aromatic rings. The first-order valence-electron chi connectivity index (χ1n) is 6.35. The molecule has 0 aliphatic heterocycles. The number of fused-ring (bicyclic) bond motifs is 1. The molecule has 4 nitrogen and oxygen atoms in total. The molecular formula is C14H15ClN4S. The van der Waals surface area contributed by atoms with E-state index in [9.17, 15) is 0 Å². The minimum absolute atomic E-state index is 0.0877. The molecule has 2 N–H and O–H groups in total. The second-order valence-electron chi connectivity index (χ2n) is 4.81. The van der Waals surface area contributed by atoms with Crippen molar-refractivity contribution in [3.63, 3.8) is 0 Å². The Morgan fingerprint density at radius 3 is 2.70 bits per heavy atom. The Balaban J connectivity index is 2.21. The van der Waals surface area contributed by atoms with Gasteiger partial charge >= 0.3 is 0 Å². The molecule has 1 atom stereocenters. The third-order valence-electron chi connectivity index (χ3n) is 3.40. The van der Waals surface area contributed by atoms with Gasteiger partial charge in [0.2, 0.25) is 5.95 Å². The molecule has 1 unspecified atom stereocenters. The Morgan fingerprint density at radius 1 is 1.30 bits per heavy atom. The van der Waals surface area contributed by atoms with Gasteiger partial charge in [0, 0.05) is 0 Å². The summed E-state index contributed by atoms with van der Waals surface area (Å²) in [5.41, 5.74) is 8.84. The highest BCUT2D eigenvalue weighted by Crippen LogP contribution is 2.34. The van der Waals surface area contributed by atoms with Crippen molar-refractivity contribution < 1.29 is 0 Å². The molecule has 0 aliphatic carbocycles. The van der Waals surface area contributed by atoms with E-state index in [2.05, 4.69) is 16.9 Å². The van der Waals surface area contributed by atoms with Crippen LogP contribution in [0.4, 0.5) is 5.95 Å². The zero-order valence-corrected chi connectivity index (χ0v) is 13.1. The van der Waals surface area contributed by atoms with E-state index in [1.807, 2.05) is 36.6 Å². The number of nitrogens with two attached hydrogens (primary N) is 1. The normalized spacial score (nSPS) is 13.0. The molecule has 0 saturated carbocycles. The summed E-state index contributed by atoms with van der Waals surface area (Å²) < 4.78 is 2.02. The number of hydrogen-bond acceptors (Lipinski definition) is 4. The predicted molar refractivity (Wildman–Crippen MR) is 84.6 cm³/mol. The lowest BCUT2D eigenvalue weighted by atomic mass is 10.2. The SMILES string of the molecule is Cc1nc(C)c(C(C)n2c(N)nc3c(Cl)cccc32)s1. The van der Waals surface area contributed by atoms with E-state index in [1.54, 1.807) is 11.3 Å². The molecule has 1 aromatic carbocycles. The molecule has 0 radical (unpaired) electrons. The molecule has 104 valence electrons. The molecule has 3 rings (SSSR count). The van der Waals surface area contributed by atoms with Crippen LogP contribution < -0.4 is 5.73 Å². The molecular weight excluding hydrogens is 292 g/mol. The van der Waals surface area contributed by atoms with Gasteiger partial charge in [0.05, 0.1) is 32.2 Å². The largest absolute Gasteiger partial charge is 0.369 e. The summed E-state index contributed by atoms with van der Waals surface area (Å²) in [7, 11) is 0. The lowest BCUT2D eigenvalue weighted by molar-refractivity contribution is 0.674. The molecule has 0 saturated heterocycles. The van der Waals surface area contributed by atoms with Crippen molar-refractivity contribution >= 4 is 39.9 Å². The number of aryl methyl sites for hydroxylation is 2. The summed E-state index contributed by atoms with van der Waals surface area (Å²) in [6, 6.07) is 5.82. The summed E-state index contributed by atoms with van der Waals surface area (Å²) in [6.07, 6.45) is 0. The van der Waals surface area contributed by atoms with E-state index in [1.165, 1.54) is 4.88 Å². The second-order valence-corrected chi connectivity index (χ2v) is 6.45. The summed E-state index contributed by atoms with van der Waals surface area (Å²) in [5, 5.41) is 1.68. The second kappa shape index (κ2) is 4.75. The number of benzene rings is 1. The van der Waals surface area contributed by atoms with Crippen molar-refractivity contribution in [1.29, 1.82) is 0 Å². The number of aromatic nitrogens is 3. The average Bonchev–Trinajstić information content (AvgIpc) is 2.89. The molecule has 0 spiro atoms. The highest BCUT2D eigenvalue weighted by molar-refractivity contribution is 7.11. The molecule has 0 amide bonds. The van der Waals surface area contributed by atoms with Crippen LogP contribution in [0.1, 0.15) is 28.5 Å². The van der Waals surface area contributed by atoms with Gasteiger partial charge in [-0.3, -0.25) is 0 Å². The van der Waals surface area contributed by atoms with Crippen LogP contribution >= 0.6 is 22.9 Å². The van der Waals surface area contributed by atoms with Crippen molar-refractivity contribution in [2.45, 2.75) is 26.8 Å². The summed E-state index contributed by atoms with van der Waals surface area (Å²) in [6.45, 7) is 6.15.